The second-order valence-electron chi connectivity index (χ2n) is 4.15. The van der Waals surface area contributed by atoms with Crippen LogP contribution in [0.15, 0.2) is 43.0 Å². The molecule has 3 N–H and O–H groups in total. The van der Waals surface area contributed by atoms with Gasteiger partial charge in [0.05, 0.1) is 29.2 Å². The lowest BCUT2D eigenvalue weighted by molar-refractivity contribution is 0.102. The molecular formula is C13H10FN5O. The summed E-state index contributed by atoms with van der Waals surface area (Å²) in [6, 6.07) is 4.08. The first-order chi connectivity index (χ1) is 9.65. The summed E-state index contributed by atoms with van der Waals surface area (Å²) in [5.41, 5.74) is 6.66. The fourth-order valence-electron chi connectivity index (χ4n) is 1.81. The monoisotopic (exact) mass is 271 g/mol. The fourth-order valence-corrected chi connectivity index (χ4v) is 1.81. The predicted octanol–water partition coefficient (Wildman–Crippen LogP) is 1.70. The van der Waals surface area contributed by atoms with Gasteiger partial charge < -0.3 is 11.1 Å². The van der Waals surface area contributed by atoms with E-state index in [1.807, 2.05) is 0 Å². The van der Waals surface area contributed by atoms with E-state index >= 15 is 0 Å². The van der Waals surface area contributed by atoms with Crippen LogP contribution in [0.5, 0.6) is 0 Å². The van der Waals surface area contributed by atoms with E-state index in [1.54, 1.807) is 12.4 Å². The van der Waals surface area contributed by atoms with Crippen molar-refractivity contribution in [2.75, 3.05) is 11.1 Å². The topological polar surface area (TPSA) is 85.3 Å². The summed E-state index contributed by atoms with van der Waals surface area (Å²) >= 11 is 0. The Labute approximate surface area is 113 Å². The van der Waals surface area contributed by atoms with Crippen molar-refractivity contribution < 1.29 is 9.18 Å². The number of carbonyl (C=O) groups is 1. The zero-order valence-electron chi connectivity index (χ0n) is 10.2. The number of carbonyl (C=O) groups excluding carboxylic acids is 1. The number of fused-ring (bicyclic) bond motifs is 1. The molecule has 3 aromatic rings. The van der Waals surface area contributed by atoms with Crippen LogP contribution in [0.25, 0.3) is 5.52 Å². The number of nitrogens with one attached hydrogen (secondary N) is 1. The van der Waals surface area contributed by atoms with Gasteiger partial charge in [-0.25, -0.2) is 8.91 Å². The predicted molar refractivity (Wildman–Crippen MR) is 71.8 cm³/mol. The lowest BCUT2D eigenvalue weighted by Crippen LogP contribution is -2.12. The van der Waals surface area contributed by atoms with Gasteiger partial charge in [0.2, 0.25) is 0 Å². The molecule has 1 aromatic carbocycles. The third-order valence-electron chi connectivity index (χ3n) is 2.83. The van der Waals surface area contributed by atoms with Crippen LogP contribution < -0.4 is 11.1 Å². The van der Waals surface area contributed by atoms with Crippen LogP contribution in [0, 0.1) is 5.82 Å². The second kappa shape index (κ2) is 4.61. The van der Waals surface area contributed by atoms with Crippen molar-refractivity contribution >= 4 is 22.8 Å². The smallest absolute Gasteiger partial charge is 0.259 e. The largest absolute Gasteiger partial charge is 0.396 e. The zero-order chi connectivity index (χ0) is 14.1. The molecule has 0 spiro atoms. The highest BCUT2D eigenvalue weighted by atomic mass is 19.1. The van der Waals surface area contributed by atoms with Gasteiger partial charge in [-0.1, -0.05) is 0 Å². The molecule has 6 nitrogen and oxygen atoms in total. The molecule has 0 aliphatic heterocycles. The molecule has 7 heteroatoms. The molecule has 0 saturated carbocycles. The second-order valence-corrected chi connectivity index (χ2v) is 4.15. The third kappa shape index (κ3) is 2.05. The molecule has 100 valence electrons. The Morgan fingerprint density at radius 2 is 2.20 bits per heavy atom. The van der Waals surface area contributed by atoms with Gasteiger partial charge in [-0.05, 0) is 18.2 Å². The molecule has 0 aliphatic rings. The Balaban J connectivity index is 1.91. The Morgan fingerprint density at radius 1 is 1.35 bits per heavy atom. The summed E-state index contributed by atoms with van der Waals surface area (Å²) in [5, 5.41) is 6.62. The van der Waals surface area contributed by atoms with Crippen LogP contribution in [0.3, 0.4) is 0 Å². The lowest BCUT2D eigenvalue weighted by Gasteiger charge is -2.05. The van der Waals surface area contributed by atoms with Crippen LogP contribution in [0.4, 0.5) is 15.8 Å². The molecule has 0 radical (unpaired) electrons. The number of amides is 1. The van der Waals surface area contributed by atoms with Crippen molar-refractivity contribution in [1.29, 1.82) is 0 Å². The van der Waals surface area contributed by atoms with Crippen LogP contribution >= 0.6 is 0 Å². The number of nitrogens with two attached hydrogens (primary N) is 1. The van der Waals surface area contributed by atoms with E-state index in [1.165, 1.54) is 29.0 Å². The molecule has 2 aromatic heterocycles. The average Bonchev–Trinajstić information content (AvgIpc) is 2.87. The van der Waals surface area contributed by atoms with Crippen molar-refractivity contribution in [2.45, 2.75) is 0 Å². The molecule has 2 heterocycles. The molecule has 0 fully saturated rings. The molecular weight excluding hydrogens is 261 g/mol. The Bertz CT molecular complexity index is 798. The number of nitrogens with zero attached hydrogens (tertiary/aromatic N) is 3. The summed E-state index contributed by atoms with van der Waals surface area (Å²) < 4.78 is 14.9. The van der Waals surface area contributed by atoms with Crippen LogP contribution in [-0.2, 0) is 0 Å². The Hall–Kier alpha value is -2.96. The minimum absolute atomic E-state index is 0.0307. The van der Waals surface area contributed by atoms with Gasteiger partial charge >= 0.3 is 0 Å². The number of hydrogen-bond donors (Lipinski definition) is 2. The molecule has 0 saturated heterocycles. The first kappa shape index (κ1) is 12.1. The highest BCUT2D eigenvalue weighted by Crippen LogP contribution is 2.17. The normalized spacial score (nSPS) is 10.7. The van der Waals surface area contributed by atoms with E-state index in [0.717, 1.165) is 6.07 Å². The standard InChI is InChI=1S/C13H10FN5O/c14-10-5-8(1-2-11(10)15)18-13(20)9-6-17-19-4-3-16-7-12(9)19/h1-7H,15H2,(H,18,20). The number of nitrogen functional groups attached to an aromatic ring is 1. The maximum atomic E-state index is 13.3. The summed E-state index contributed by atoms with van der Waals surface area (Å²) in [6.07, 6.45) is 6.16. The molecule has 3 rings (SSSR count). The van der Waals surface area contributed by atoms with Gasteiger partial charge in [0.15, 0.2) is 0 Å². The molecule has 0 atom stereocenters. The van der Waals surface area contributed by atoms with Crippen molar-refractivity contribution in [3.05, 3.63) is 54.4 Å². The van der Waals surface area contributed by atoms with Crippen molar-refractivity contribution in [1.82, 2.24) is 14.6 Å². The van der Waals surface area contributed by atoms with Crippen molar-refractivity contribution in [3.63, 3.8) is 0 Å². The van der Waals surface area contributed by atoms with Crippen LogP contribution in [0.1, 0.15) is 10.4 Å². The number of anilines is 2. The average molecular weight is 271 g/mol. The molecule has 0 aliphatic carbocycles. The van der Waals surface area contributed by atoms with E-state index in [4.69, 9.17) is 5.73 Å². The van der Waals surface area contributed by atoms with Gasteiger partial charge in [0.1, 0.15) is 5.82 Å². The Kier molecular flexibility index (Phi) is 2.79. The van der Waals surface area contributed by atoms with Gasteiger partial charge in [0.25, 0.3) is 5.91 Å². The summed E-state index contributed by atoms with van der Waals surface area (Å²) in [5.74, 6) is -0.971. The highest BCUT2D eigenvalue weighted by Gasteiger charge is 2.13. The number of hydrogen-bond acceptors (Lipinski definition) is 4. The van der Waals surface area contributed by atoms with E-state index in [2.05, 4.69) is 15.4 Å². The van der Waals surface area contributed by atoms with E-state index < -0.39 is 11.7 Å². The maximum Gasteiger partial charge on any atom is 0.259 e. The molecule has 20 heavy (non-hydrogen) atoms. The van der Waals surface area contributed by atoms with Gasteiger partial charge in [0, 0.05) is 18.1 Å². The number of aromatic nitrogens is 3. The van der Waals surface area contributed by atoms with E-state index in [9.17, 15) is 9.18 Å². The summed E-state index contributed by atoms with van der Waals surface area (Å²) in [4.78, 5) is 16.1. The Morgan fingerprint density at radius 3 is 3.00 bits per heavy atom. The summed E-state index contributed by atoms with van der Waals surface area (Å²) in [7, 11) is 0. The highest BCUT2D eigenvalue weighted by molar-refractivity contribution is 6.08. The molecule has 0 unspecified atom stereocenters. The van der Waals surface area contributed by atoms with Crippen LogP contribution in [0.2, 0.25) is 0 Å². The minimum atomic E-state index is -0.579. The fraction of sp³-hybridized carbons (Fsp3) is 0. The van der Waals surface area contributed by atoms with E-state index in [-0.39, 0.29) is 5.69 Å². The quantitative estimate of drug-likeness (QED) is 0.695. The van der Waals surface area contributed by atoms with Crippen LogP contribution in [-0.4, -0.2) is 20.5 Å². The van der Waals surface area contributed by atoms with E-state index in [0.29, 0.717) is 16.8 Å². The number of benzene rings is 1. The number of rotatable bonds is 2. The third-order valence-corrected chi connectivity index (χ3v) is 2.83. The van der Waals surface area contributed by atoms with Gasteiger partial charge in [-0.3, -0.25) is 9.78 Å². The SMILES string of the molecule is Nc1ccc(NC(=O)c2cnn3ccncc23)cc1F. The molecule has 0 bridgehead atoms. The first-order valence-electron chi connectivity index (χ1n) is 5.79. The van der Waals surface area contributed by atoms with Gasteiger partial charge in [-0.15, -0.1) is 0 Å². The lowest BCUT2D eigenvalue weighted by atomic mass is 10.2. The minimum Gasteiger partial charge on any atom is -0.396 e. The first-order valence-corrected chi connectivity index (χ1v) is 5.79. The molecule has 1 amide bonds. The van der Waals surface area contributed by atoms with Gasteiger partial charge in [-0.2, -0.15) is 5.10 Å². The van der Waals surface area contributed by atoms with Crippen molar-refractivity contribution in [2.24, 2.45) is 0 Å². The number of halogens is 1. The zero-order valence-corrected chi connectivity index (χ0v) is 10.2. The maximum absolute atomic E-state index is 13.3. The van der Waals surface area contributed by atoms with Crippen molar-refractivity contribution in [3.8, 4) is 0 Å². The summed E-state index contributed by atoms with van der Waals surface area (Å²) in [6.45, 7) is 0.